The number of nitrogens with zero attached hydrogens (tertiary/aromatic N) is 6. The summed E-state index contributed by atoms with van der Waals surface area (Å²) in [6.45, 7) is 3.20. The summed E-state index contributed by atoms with van der Waals surface area (Å²) in [5.74, 6) is -0.321. The third-order valence-corrected chi connectivity index (χ3v) is 4.27. The predicted octanol–water partition coefficient (Wildman–Crippen LogP) is 0.891. The molecular formula is C19H22N8O6. The molecule has 2 aromatic heterocycles. The van der Waals surface area contributed by atoms with Gasteiger partial charge in [-0.05, 0) is 28.9 Å². The number of esters is 1. The Labute approximate surface area is 187 Å². The number of nitrogens with one attached hydrogen (secondary N) is 1. The molecule has 3 N–H and O–H groups in total. The maximum Gasteiger partial charge on any atom is 0.308 e. The number of hydrazone groups is 1. The Balaban J connectivity index is 1.82. The second-order valence-corrected chi connectivity index (χ2v) is 6.57. The average molecular weight is 458 g/mol. The lowest BCUT2D eigenvalue weighted by Gasteiger charge is -2.13. The van der Waals surface area contributed by atoms with Crippen molar-refractivity contribution in [3.8, 4) is 23.1 Å². The molecule has 1 amide bonds. The van der Waals surface area contributed by atoms with Crippen LogP contribution in [0.1, 0.15) is 42.0 Å². The minimum Gasteiger partial charge on any atom is -0.493 e. The van der Waals surface area contributed by atoms with Gasteiger partial charge in [-0.25, -0.2) is 10.1 Å². The summed E-state index contributed by atoms with van der Waals surface area (Å²) in [6, 6.07) is 3.13. The molecule has 0 saturated heterocycles. The molecule has 0 atom stereocenters. The summed E-state index contributed by atoms with van der Waals surface area (Å²) < 4.78 is 21.6. The molecule has 0 aliphatic heterocycles. The van der Waals surface area contributed by atoms with E-state index >= 15 is 0 Å². The molecule has 2 heterocycles. The Morgan fingerprint density at radius 3 is 2.48 bits per heavy atom. The van der Waals surface area contributed by atoms with Crippen LogP contribution in [0.25, 0.3) is 5.82 Å². The molecule has 0 unspecified atom stereocenters. The second kappa shape index (κ2) is 10.2. The van der Waals surface area contributed by atoms with Crippen molar-refractivity contribution in [1.29, 1.82) is 0 Å². The number of anilines is 1. The Hall–Kier alpha value is -4.49. The van der Waals surface area contributed by atoms with Crippen molar-refractivity contribution in [3.05, 3.63) is 29.1 Å². The number of aromatic nitrogens is 5. The molecule has 3 aromatic rings. The zero-order valence-electron chi connectivity index (χ0n) is 18.4. The lowest BCUT2D eigenvalue weighted by Crippen LogP contribution is -2.20. The van der Waals surface area contributed by atoms with Gasteiger partial charge >= 0.3 is 5.97 Å². The first-order chi connectivity index (χ1) is 15.9. The minimum atomic E-state index is -0.591. The van der Waals surface area contributed by atoms with Crippen LogP contribution in [0.2, 0.25) is 0 Å². The molecular weight excluding hydrogens is 436 g/mol. The number of nitrogen functional groups attached to an aromatic ring is 1. The van der Waals surface area contributed by atoms with Gasteiger partial charge in [-0.3, -0.25) is 9.59 Å². The third kappa shape index (κ3) is 5.06. The normalized spacial score (nSPS) is 10.9. The van der Waals surface area contributed by atoms with Crippen molar-refractivity contribution in [2.75, 3.05) is 20.0 Å². The number of methoxy groups -OCH3 is 2. The maximum absolute atomic E-state index is 12.7. The van der Waals surface area contributed by atoms with E-state index in [1.165, 1.54) is 32.0 Å². The van der Waals surface area contributed by atoms with Gasteiger partial charge in [0.2, 0.25) is 17.4 Å². The van der Waals surface area contributed by atoms with Crippen LogP contribution in [-0.2, 0) is 11.2 Å². The molecule has 0 aliphatic carbocycles. The number of rotatable bonds is 9. The highest BCUT2D eigenvalue weighted by Crippen LogP contribution is 2.38. The van der Waals surface area contributed by atoms with E-state index in [0.29, 0.717) is 24.1 Å². The smallest absolute Gasteiger partial charge is 0.308 e. The molecule has 3 rings (SSSR count). The minimum absolute atomic E-state index is 0.0160. The number of amides is 1. The number of hydrogen-bond donors (Lipinski definition) is 2. The van der Waals surface area contributed by atoms with Gasteiger partial charge < -0.3 is 19.9 Å². The number of ether oxygens (including phenoxy) is 3. The van der Waals surface area contributed by atoms with Gasteiger partial charge in [0.15, 0.2) is 17.2 Å². The summed E-state index contributed by atoms with van der Waals surface area (Å²) in [4.78, 5) is 24.0. The van der Waals surface area contributed by atoms with Crippen LogP contribution in [0.4, 0.5) is 5.82 Å². The van der Waals surface area contributed by atoms with Crippen molar-refractivity contribution < 1.29 is 28.4 Å². The van der Waals surface area contributed by atoms with Gasteiger partial charge in [-0.2, -0.15) is 9.78 Å². The molecule has 0 bridgehead atoms. The fraction of sp³-hybridized carbons (Fsp3) is 0.316. The van der Waals surface area contributed by atoms with E-state index < -0.39 is 11.9 Å². The summed E-state index contributed by atoms with van der Waals surface area (Å²) in [5.41, 5.74) is 9.16. The van der Waals surface area contributed by atoms with Crippen molar-refractivity contribution >= 4 is 23.9 Å². The van der Waals surface area contributed by atoms with Gasteiger partial charge in [-0.15, -0.1) is 5.10 Å². The van der Waals surface area contributed by atoms with Crippen LogP contribution in [0, 0.1) is 0 Å². The topological polar surface area (TPSA) is 182 Å². The molecule has 0 fully saturated rings. The number of carbonyl (C=O) groups excluding carboxylic acids is 2. The van der Waals surface area contributed by atoms with Gasteiger partial charge in [0.05, 0.1) is 26.1 Å². The van der Waals surface area contributed by atoms with Crippen molar-refractivity contribution in [1.82, 2.24) is 30.7 Å². The Morgan fingerprint density at radius 1 is 1.24 bits per heavy atom. The Bertz CT molecular complexity index is 1160. The quantitative estimate of drug-likeness (QED) is 0.201. The van der Waals surface area contributed by atoms with Crippen LogP contribution in [0.5, 0.6) is 17.2 Å². The zero-order valence-corrected chi connectivity index (χ0v) is 18.4. The van der Waals surface area contributed by atoms with Crippen molar-refractivity contribution in [2.45, 2.75) is 26.7 Å². The van der Waals surface area contributed by atoms with Crippen LogP contribution in [0.15, 0.2) is 21.9 Å². The average Bonchev–Trinajstić information content (AvgIpc) is 3.39. The summed E-state index contributed by atoms with van der Waals surface area (Å²) in [7, 11) is 2.83. The number of hydrogen-bond acceptors (Lipinski definition) is 12. The van der Waals surface area contributed by atoms with E-state index in [0.717, 1.165) is 0 Å². The van der Waals surface area contributed by atoms with Gasteiger partial charge in [0.25, 0.3) is 5.91 Å². The SMILES string of the molecule is CCCc1c(C(=O)N/N=C\c2cc(OC)c(OC(C)=O)c(OC)c2)nnn1-c1nonc1N. The maximum atomic E-state index is 12.7. The largest absolute Gasteiger partial charge is 0.493 e. The zero-order chi connectivity index (χ0) is 24.0. The standard InChI is InChI=1S/C19H22N8O6/c1-5-6-12-15(22-26-27(12)18-17(20)24-33-25-18)19(29)23-21-9-11-7-13(30-3)16(32-10(2)28)14(8-11)31-4/h7-9H,5-6H2,1-4H3,(H2,20,24)(H,23,29)/b21-9-. The lowest BCUT2D eigenvalue weighted by molar-refractivity contribution is -0.132. The highest BCUT2D eigenvalue weighted by atomic mass is 16.6. The number of carbonyl (C=O) groups is 2. The molecule has 0 aliphatic rings. The van der Waals surface area contributed by atoms with E-state index in [-0.39, 0.29) is 34.6 Å². The predicted molar refractivity (Wildman–Crippen MR) is 114 cm³/mol. The molecule has 0 spiro atoms. The fourth-order valence-electron chi connectivity index (χ4n) is 2.88. The Kier molecular flexibility index (Phi) is 7.17. The molecule has 0 saturated carbocycles. The van der Waals surface area contributed by atoms with E-state index in [1.54, 1.807) is 12.1 Å². The highest BCUT2D eigenvalue weighted by molar-refractivity contribution is 5.94. The molecule has 33 heavy (non-hydrogen) atoms. The highest BCUT2D eigenvalue weighted by Gasteiger charge is 2.23. The van der Waals surface area contributed by atoms with E-state index in [2.05, 4.69) is 35.8 Å². The Morgan fingerprint density at radius 2 is 1.94 bits per heavy atom. The fourth-order valence-corrected chi connectivity index (χ4v) is 2.88. The summed E-state index contributed by atoms with van der Waals surface area (Å²) in [5, 5.41) is 19.0. The summed E-state index contributed by atoms with van der Waals surface area (Å²) >= 11 is 0. The monoisotopic (exact) mass is 458 g/mol. The van der Waals surface area contributed by atoms with Crippen molar-refractivity contribution in [2.24, 2.45) is 5.10 Å². The lowest BCUT2D eigenvalue weighted by atomic mass is 10.2. The van der Waals surface area contributed by atoms with Gasteiger partial charge in [-0.1, -0.05) is 18.6 Å². The third-order valence-electron chi connectivity index (χ3n) is 4.27. The van der Waals surface area contributed by atoms with Crippen LogP contribution in [0.3, 0.4) is 0 Å². The van der Waals surface area contributed by atoms with Crippen molar-refractivity contribution in [3.63, 3.8) is 0 Å². The van der Waals surface area contributed by atoms with Crippen LogP contribution in [-0.4, -0.2) is 57.6 Å². The number of nitrogens with two attached hydrogens (primary N) is 1. The van der Waals surface area contributed by atoms with E-state index in [9.17, 15) is 9.59 Å². The first-order valence-corrected chi connectivity index (χ1v) is 9.70. The first kappa shape index (κ1) is 23.2. The molecule has 14 heteroatoms. The molecule has 0 radical (unpaired) electrons. The van der Waals surface area contributed by atoms with E-state index in [1.807, 2.05) is 6.92 Å². The molecule has 14 nitrogen and oxygen atoms in total. The van der Waals surface area contributed by atoms with Crippen LogP contribution < -0.4 is 25.4 Å². The summed E-state index contributed by atoms with van der Waals surface area (Å²) in [6.07, 6.45) is 2.54. The van der Waals surface area contributed by atoms with Gasteiger partial charge in [0, 0.05) is 12.5 Å². The first-order valence-electron chi connectivity index (χ1n) is 9.70. The second-order valence-electron chi connectivity index (χ2n) is 6.57. The molecule has 174 valence electrons. The molecule has 1 aromatic carbocycles. The van der Waals surface area contributed by atoms with Crippen LogP contribution >= 0.6 is 0 Å². The van der Waals surface area contributed by atoms with E-state index in [4.69, 9.17) is 19.9 Å². The number of benzene rings is 1. The van der Waals surface area contributed by atoms with Gasteiger partial charge in [0.1, 0.15) is 0 Å².